The number of carbonyl (C=O) groups excluding carboxylic acids is 2. The molecule has 3 aliphatic rings. The first kappa shape index (κ1) is 23.8. The molecular weight excluding hydrogens is 430 g/mol. The van der Waals surface area contributed by atoms with Crippen molar-refractivity contribution in [1.29, 1.82) is 0 Å². The van der Waals surface area contributed by atoms with Crippen molar-refractivity contribution < 1.29 is 22.7 Å². The molecule has 2 saturated heterocycles. The topological polar surface area (TPSA) is 96.0 Å². The Labute approximate surface area is 184 Å². The van der Waals surface area contributed by atoms with Gasteiger partial charge >= 0.3 is 5.97 Å². The second-order valence-electron chi connectivity index (χ2n) is 8.73. The van der Waals surface area contributed by atoms with Gasteiger partial charge in [-0.2, -0.15) is 4.31 Å². The highest BCUT2D eigenvalue weighted by atomic mass is 35.5. The molecule has 10 heteroatoms. The summed E-state index contributed by atoms with van der Waals surface area (Å²) in [6, 6.07) is -1.21. The highest BCUT2D eigenvalue weighted by Gasteiger charge is 2.45. The molecule has 2 heterocycles. The normalized spacial score (nSPS) is 33.9. The van der Waals surface area contributed by atoms with Crippen molar-refractivity contribution in [2.24, 2.45) is 0 Å². The van der Waals surface area contributed by atoms with Crippen LogP contribution in [0.25, 0.3) is 0 Å². The third-order valence-corrected chi connectivity index (χ3v) is 9.72. The van der Waals surface area contributed by atoms with E-state index in [0.717, 1.165) is 12.8 Å². The monoisotopic (exact) mass is 463 g/mol. The molecule has 0 aromatic carbocycles. The summed E-state index contributed by atoms with van der Waals surface area (Å²) in [6.07, 6.45) is 5.86. The first-order chi connectivity index (χ1) is 14.3. The van der Waals surface area contributed by atoms with Crippen LogP contribution in [0.5, 0.6) is 0 Å². The quantitative estimate of drug-likeness (QED) is 0.473. The summed E-state index contributed by atoms with van der Waals surface area (Å²) in [7, 11) is -0.486. The number of amides is 1. The number of likely N-dealkylation sites (tertiary alicyclic amines) is 1. The van der Waals surface area contributed by atoms with E-state index in [0.29, 0.717) is 51.5 Å². The number of rotatable bonds is 6. The van der Waals surface area contributed by atoms with Crippen LogP contribution in [-0.2, 0) is 24.3 Å². The number of likely N-dealkylation sites (N-methyl/N-ethyl adjacent to an activating group) is 1. The standard InChI is InChI=1S/C20H34ClN3O5S/c1-23-15(8-11-18(23)20(26)29-2)13-24(17-5-3-4-12-22-19(17)25)30(27,28)16-9-6-14(21)7-10-16/h14-18H,3-13H2,1-2H3,(H,22,25)/t14?,15?,16?,17-,18?/m0/s1. The lowest BCUT2D eigenvalue weighted by molar-refractivity contribution is -0.145. The predicted molar refractivity (Wildman–Crippen MR) is 115 cm³/mol. The van der Waals surface area contributed by atoms with Gasteiger partial charge in [-0.3, -0.25) is 14.5 Å². The minimum absolute atomic E-state index is 0.0212. The van der Waals surface area contributed by atoms with Crippen LogP contribution in [0.4, 0.5) is 0 Å². The molecule has 0 bridgehead atoms. The summed E-state index contributed by atoms with van der Waals surface area (Å²) in [4.78, 5) is 26.7. The number of nitrogens with one attached hydrogen (secondary N) is 1. The minimum atomic E-state index is -3.68. The van der Waals surface area contributed by atoms with Crippen LogP contribution in [0.15, 0.2) is 0 Å². The van der Waals surface area contributed by atoms with Crippen LogP contribution < -0.4 is 5.32 Å². The van der Waals surface area contributed by atoms with Gasteiger partial charge in [0.25, 0.3) is 0 Å². The zero-order chi connectivity index (χ0) is 21.9. The summed E-state index contributed by atoms with van der Waals surface area (Å²) in [5.41, 5.74) is 0. The van der Waals surface area contributed by atoms with Gasteiger partial charge in [0.1, 0.15) is 12.1 Å². The number of alkyl halides is 1. The predicted octanol–water partition coefficient (Wildman–Crippen LogP) is 1.47. The fraction of sp³-hybridized carbons (Fsp3) is 0.900. The van der Waals surface area contributed by atoms with E-state index in [-0.39, 0.29) is 35.9 Å². The van der Waals surface area contributed by atoms with E-state index in [1.807, 2.05) is 11.9 Å². The van der Waals surface area contributed by atoms with Crippen molar-refractivity contribution in [1.82, 2.24) is 14.5 Å². The van der Waals surface area contributed by atoms with Crippen molar-refractivity contribution in [3.05, 3.63) is 0 Å². The highest BCUT2D eigenvalue weighted by molar-refractivity contribution is 7.89. The maximum Gasteiger partial charge on any atom is 0.323 e. The van der Waals surface area contributed by atoms with E-state index in [2.05, 4.69) is 5.32 Å². The third-order valence-electron chi connectivity index (χ3n) is 6.91. The molecule has 3 atom stereocenters. The van der Waals surface area contributed by atoms with Crippen molar-refractivity contribution in [3.8, 4) is 0 Å². The second-order valence-corrected chi connectivity index (χ2v) is 11.5. The first-order valence-corrected chi connectivity index (χ1v) is 12.9. The Morgan fingerprint density at radius 2 is 1.87 bits per heavy atom. The van der Waals surface area contributed by atoms with Gasteiger partial charge < -0.3 is 10.1 Å². The number of ether oxygens (including phenoxy) is 1. The van der Waals surface area contributed by atoms with Gasteiger partial charge in [0, 0.05) is 24.5 Å². The summed E-state index contributed by atoms with van der Waals surface area (Å²) in [6.45, 7) is 0.791. The molecule has 0 aromatic heterocycles. The molecule has 8 nitrogen and oxygen atoms in total. The summed E-state index contributed by atoms with van der Waals surface area (Å²) in [5.74, 6) is -0.519. The molecule has 3 rings (SSSR count). The molecule has 1 N–H and O–H groups in total. The molecule has 0 radical (unpaired) electrons. The number of sulfonamides is 1. The molecular formula is C20H34ClN3O5S. The highest BCUT2D eigenvalue weighted by Crippen LogP contribution is 2.33. The zero-order valence-electron chi connectivity index (χ0n) is 17.9. The van der Waals surface area contributed by atoms with E-state index < -0.39 is 21.3 Å². The molecule has 2 aliphatic heterocycles. The van der Waals surface area contributed by atoms with Crippen LogP contribution in [0.1, 0.15) is 57.8 Å². The maximum atomic E-state index is 13.7. The number of hydrogen-bond acceptors (Lipinski definition) is 6. The van der Waals surface area contributed by atoms with E-state index in [1.54, 1.807) is 0 Å². The van der Waals surface area contributed by atoms with Gasteiger partial charge in [-0.25, -0.2) is 8.42 Å². The lowest BCUT2D eigenvalue weighted by Crippen LogP contribution is -2.55. The molecule has 2 unspecified atom stereocenters. The van der Waals surface area contributed by atoms with Crippen molar-refractivity contribution in [2.45, 2.75) is 86.5 Å². The number of halogens is 1. The van der Waals surface area contributed by atoms with Gasteiger partial charge in [0.05, 0.1) is 12.4 Å². The molecule has 1 amide bonds. The molecule has 172 valence electrons. The summed E-state index contributed by atoms with van der Waals surface area (Å²) >= 11 is 6.20. The Morgan fingerprint density at radius 1 is 1.17 bits per heavy atom. The summed E-state index contributed by atoms with van der Waals surface area (Å²) in [5, 5.41) is 2.39. The van der Waals surface area contributed by atoms with Gasteiger partial charge in [0.15, 0.2) is 0 Å². The fourth-order valence-electron chi connectivity index (χ4n) is 4.98. The minimum Gasteiger partial charge on any atom is -0.468 e. The number of nitrogens with zero attached hydrogens (tertiary/aromatic N) is 2. The van der Waals surface area contributed by atoms with Crippen LogP contribution in [0.2, 0.25) is 0 Å². The smallest absolute Gasteiger partial charge is 0.323 e. The van der Waals surface area contributed by atoms with Crippen molar-refractivity contribution >= 4 is 33.5 Å². The van der Waals surface area contributed by atoms with Crippen molar-refractivity contribution in [3.63, 3.8) is 0 Å². The SMILES string of the molecule is COC(=O)C1CCC(CN([C@H]2CCCCNC2=O)S(=O)(=O)C2CCC(Cl)CC2)N1C. The Bertz CT molecular complexity index is 726. The Morgan fingerprint density at radius 3 is 2.53 bits per heavy atom. The number of esters is 1. The molecule has 3 fully saturated rings. The van der Waals surface area contributed by atoms with E-state index in [1.165, 1.54) is 11.4 Å². The first-order valence-electron chi connectivity index (χ1n) is 11.0. The third kappa shape index (κ3) is 5.11. The lowest BCUT2D eigenvalue weighted by atomic mass is 10.00. The summed E-state index contributed by atoms with van der Waals surface area (Å²) < 4.78 is 33.8. The average Bonchev–Trinajstić information content (AvgIpc) is 2.95. The van der Waals surface area contributed by atoms with Crippen LogP contribution in [-0.4, -0.2) is 85.5 Å². The fourth-order valence-corrected chi connectivity index (χ4v) is 7.42. The number of carbonyl (C=O) groups is 2. The van der Waals surface area contributed by atoms with E-state index in [9.17, 15) is 18.0 Å². The van der Waals surface area contributed by atoms with Crippen molar-refractivity contribution in [2.75, 3.05) is 27.2 Å². The van der Waals surface area contributed by atoms with Crippen LogP contribution in [0.3, 0.4) is 0 Å². The van der Waals surface area contributed by atoms with Gasteiger partial charge in [-0.15, -0.1) is 11.6 Å². The van der Waals surface area contributed by atoms with E-state index in [4.69, 9.17) is 16.3 Å². The van der Waals surface area contributed by atoms with Gasteiger partial charge in [0.2, 0.25) is 15.9 Å². The largest absolute Gasteiger partial charge is 0.468 e. The molecule has 1 aliphatic carbocycles. The molecule has 0 spiro atoms. The number of methoxy groups -OCH3 is 1. The average molecular weight is 464 g/mol. The second kappa shape index (κ2) is 10.1. The molecule has 0 aromatic rings. The van der Waals surface area contributed by atoms with E-state index >= 15 is 0 Å². The van der Waals surface area contributed by atoms with Gasteiger partial charge in [-0.05, 0) is 64.8 Å². The zero-order valence-corrected chi connectivity index (χ0v) is 19.5. The number of hydrogen-bond donors (Lipinski definition) is 1. The van der Waals surface area contributed by atoms with Crippen LogP contribution >= 0.6 is 11.6 Å². The molecule has 30 heavy (non-hydrogen) atoms. The Balaban J connectivity index is 1.84. The Kier molecular flexibility index (Phi) is 8.03. The van der Waals surface area contributed by atoms with Crippen LogP contribution in [0, 0.1) is 0 Å². The lowest BCUT2D eigenvalue weighted by Gasteiger charge is -2.37. The molecule has 1 saturated carbocycles. The maximum absolute atomic E-state index is 13.7. The van der Waals surface area contributed by atoms with Gasteiger partial charge in [-0.1, -0.05) is 0 Å². The Hall–Kier alpha value is -0.900.